The van der Waals surface area contributed by atoms with E-state index in [0.717, 1.165) is 16.9 Å². The number of rotatable bonds is 9. The van der Waals surface area contributed by atoms with Crippen LogP contribution in [0.4, 0.5) is 11.4 Å². The molecule has 34 heavy (non-hydrogen) atoms. The van der Waals surface area contributed by atoms with Crippen LogP contribution in [0.1, 0.15) is 24.0 Å². The molecule has 0 fully saturated rings. The summed E-state index contributed by atoms with van der Waals surface area (Å²) < 4.78 is 10.8. The quantitative estimate of drug-likeness (QED) is 0.386. The van der Waals surface area contributed by atoms with Crippen LogP contribution in [0.15, 0.2) is 66.7 Å². The molecule has 0 saturated heterocycles. The topological polar surface area (TPSA) is 93.7 Å². The lowest BCUT2D eigenvalue weighted by Gasteiger charge is -2.10. The van der Waals surface area contributed by atoms with E-state index in [2.05, 4.69) is 16.7 Å². The van der Waals surface area contributed by atoms with E-state index >= 15 is 0 Å². The van der Waals surface area contributed by atoms with E-state index < -0.39 is 18.5 Å². The number of hydrogen-bond acceptors (Lipinski definition) is 5. The molecule has 0 atom stereocenters. The van der Waals surface area contributed by atoms with Crippen LogP contribution in [0.3, 0.4) is 0 Å². The Morgan fingerprint density at radius 2 is 1.44 bits per heavy atom. The zero-order valence-corrected chi connectivity index (χ0v) is 19.6. The number of aryl methyl sites for hydroxylation is 2. The van der Waals surface area contributed by atoms with Gasteiger partial charge in [-0.25, -0.2) is 0 Å². The zero-order valence-electron chi connectivity index (χ0n) is 18.9. The minimum atomic E-state index is -0.645. The van der Waals surface area contributed by atoms with Crippen molar-refractivity contribution < 1.29 is 23.9 Å². The predicted octanol–water partition coefficient (Wildman–Crippen LogP) is 5.65. The molecule has 0 bridgehead atoms. The second-order valence-corrected chi connectivity index (χ2v) is 8.15. The summed E-state index contributed by atoms with van der Waals surface area (Å²) in [5, 5.41) is 5.76. The minimum Gasteiger partial charge on any atom is -0.457 e. The van der Waals surface area contributed by atoms with Gasteiger partial charge in [0.05, 0.1) is 6.42 Å². The summed E-state index contributed by atoms with van der Waals surface area (Å²) in [5.41, 5.74) is 3.30. The first-order valence-corrected chi connectivity index (χ1v) is 11.0. The molecule has 0 spiro atoms. The van der Waals surface area contributed by atoms with Gasteiger partial charge in [0.15, 0.2) is 6.61 Å². The lowest BCUT2D eigenvalue weighted by molar-refractivity contribution is -0.147. The molecule has 0 unspecified atom stereocenters. The van der Waals surface area contributed by atoms with E-state index in [4.69, 9.17) is 21.1 Å². The third-order valence-electron chi connectivity index (χ3n) is 4.60. The number of ether oxygens (including phenoxy) is 2. The molecule has 3 aromatic rings. The van der Waals surface area contributed by atoms with Gasteiger partial charge < -0.3 is 20.1 Å². The summed E-state index contributed by atoms with van der Waals surface area (Å²) in [6.45, 7) is 3.56. The number of carbonyl (C=O) groups excluding carboxylic acids is 3. The molecule has 2 amide bonds. The average Bonchev–Trinajstić information content (AvgIpc) is 2.77. The van der Waals surface area contributed by atoms with Gasteiger partial charge in [-0.2, -0.15) is 0 Å². The van der Waals surface area contributed by atoms with Crippen LogP contribution in [-0.4, -0.2) is 24.4 Å². The van der Waals surface area contributed by atoms with Gasteiger partial charge in [0.25, 0.3) is 5.91 Å². The molecule has 8 heteroatoms. The Labute approximate surface area is 203 Å². The van der Waals surface area contributed by atoms with Gasteiger partial charge in [-0.05, 0) is 79.6 Å². The summed E-state index contributed by atoms with van der Waals surface area (Å²) in [7, 11) is 0. The molecular weight excluding hydrogens is 456 g/mol. The number of nitrogens with one attached hydrogen (secondary N) is 2. The van der Waals surface area contributed by atoms with Gasteiger partial charge in [0, 0.05) is 22.8 Å². The van der Waals surface area contributed by atoms with Crippen molar-refractivity contribution in [3.63, 3.8) is 0 Å². The number of halogens is 1. The van der Waals surface area contributed by atoms with Gasteiger partial charge in [-0.15, -0.1) is 0 Å². The van der Waals surface area contributed by atoms with E-state index in [-0.39, 0.29) is 18.7 Å². The Morgan fingerprint density at radius 1 is 0.765 bits per heavy atom. The molecule has 176 valence electrons. The molecule has 2 N–H and O–H groups in total. The van der Waals surface area contributed by atoms with Crippen molar-refractivity contribution in [2.24, 2.45) is 0 Å². The highest BCUT2D eigenvalue weighted by molar-refractivity contribution is 6.30. The van der Waals surface area contributed by atoms with Crippen molar-refractivity contribution in [2.75, 3.05) is 17.2 Å². The van der Waals surface area contributed by atoms with Crippen molar-refractivity contribution in [1.82, 2.24) is 0 Å². The summed E-state index contributed by atoms with van der Waals surface area (Å²) in [6, 6.07) is 19.5. The third-order valence-corrected chi connectivity index (χ3v) is 4.83. The second-order valence-electron chi connectivity index (χ2n) is 7.72. The Kier molecular flexibility index (Phi) is 8.65. The lowest BCUT2D eigenvalue weighted by Crippen LogP contribution is -2.21. The van der Waals surface area contributed by atoms with Gasteiger partial charge in [0.1, 0.15) is 11.5 Å². The first-order valence-electron chi connectivity index (χ1n) is 10.6. The molecule has 3 rings (SSSR count). The smallest absolute Gasteiger partial charge is 0.306 e. The number of benzene rings is 3. The number of esters is 1. The number of hydrogen-bond donors (Lipinski definition) is 2. The standard InChI is InChI=1S/C26H25ClN2O5/c1-17-12-18(2)14-23(13-17)34-22-8-6-20(7-9-22)28-24(30)10-11-26(32)33-16-25(31)29-21-5-3-4-19(27)15-21/h3-9,12-15H,10-11,16H2,1-2H3,(H,28,30)(H,29,31). The van der Waals surface area contributed by atoms with Crippen LogP contribution in [-0.2, 0) is 19.1 Å². The third kappa shape index (κ3) is 8.26. The average molecular weight is 481 g/mol. The monoisotopic (exact) mass is 480 g/mol. The summed E-state index contributed by atoms with van der Waals surface area (Å²) in [6.07, 6.45) is -0.222. The maximum absolute atomic E-state index is 12.1. The van der Waals surface area contributed by atoms with Crippen molar-refractivity contribution in [1.29, 1.82) is 0 Å². The van der Waals surface area contributed by atoms with E-state index in [9.17, 15) is 14.4 Å². The highest BCUT2D eigenvalue weighted by Crippen LogP contribution is 2.25. The van der Waals surface area contributed by atoms with E-state index in [0.29, 0.717) is 22.1 Å². The fraction of sp³-hybridized carbons (Fsp3) is 0.192. The largest absolute Gasteiger partial charge is 0.457 e. The lowest BCUT2D eigenvalue weighted by atomic mass is 10.1. The van der Waals surface area contributed by atoms with E-state index in [1.54, 1.807) is 48.5 Å². The van der Waals surface area contributed by atoms with Gasteiger partial charge in [-0.1, -0.05) is 23.7 Å². The molecule has 0 aliphatic carbocycles. The molecular formula is C26H25ClN2O5. The fourth-order valence-electron chi connectivity index (χ4n) is 3.15. The van der Waals surface area contributed by atoms with Crippen LogP contribution in [0.5, 0.6) is 11.5 Å². The van der Waals surface area contributed by atoms with Crippen molar-refractivity contribution in [3.05, 3.63) is 82.9 Å². The van der Waals surface area contributed by atoms with Crippen LogP contribution in [0.25, 0.3) is 0 Å². The number of amides is 2. The molecule has 0 saturated carbocycles. The van der Waals surface area contributed by atoms with Crippen LogP contribution < -0.4 is 15.4 Å². The molecule has 0 heterocycles. The zero-order chi connectivity index (χ0) is 24.5. The van der Waals surface area contributed by atoms with Crippen LogP contribution >= 0.6 is 11.6 Å². The first-order chi connectivity index (χ1) is 16.3. The van der Waals surface area contributed by atoms with Gasteiger partial charge in [-0.3, -0.25) is 14.4 Å². The van der Waals surface area contributed by atoms with Crippen molar-refractivity contribution >= 4 is 40.8 Å². The number of anilines is 2. The van der Waals surface area contributed by atoms with Gasteiger partial charge in [0.2, 0.25) is 5.91 Å². The molecule has 0 aromatic heterocycles. The molecule has 3 aromatic carbocycles. The van der Waals surface area contributed by atoms with Crippen molar-refractivity contribution in [2.45, 2.75) is 26.7 Å². The molecule has 7 nitrogen and oxygen atoms in total. The summed E-state index contributed by atoms with van der Waals surface area (Å²) in [4.78, 5) is 35.9. The predicted molar refractivity (Wildman–Crippen MR) is 131 cm³/mol. The normalized spacial score (nSPS) is 10.3. The van der Waals surface area contributed by atoms with Crippen LogP contribution in [0.2, 0.25) is 5.02 Å². The molecule has 0 aliphatic rings. The fourth-order valence-corrected chi connectivity index (χ4v) is 3.35. The van der Waals surface area contributed by atoms with Crippen molar-refractivity contribution in [3.8, 4) is 11.5 Å². The summed E-state index contributed by atoms with van der Waals surface area (Å²) >= 11 is 5.85. The maximum atomic E-state index is 12.1. The van der Waals surface area contributed by atoms with Gasteiger partial charge >= 0.3 is 5.97 Å². The Hall–Kier alpha value is -3.84. The highest BCUT2D eigenvalue weighted by Gasteiger charge is 2.11. The molecule has 0 aliphatic heterocycles. The number of carbonyl (C=O) groups is 3. The minimum absolute atomic E-state index is 0.0738. The van der Waals surface area contributed by atoms with E-state index in [1.807, 2.05) is 26.0 Å². The molecule has 0 radical (unpaired) electrons. The van der Waals surface area contributed by atoms with E-state index in [1.165, 1.54) is 0 Å². The van der Waals surface area contributed by atoms with Crippen LogP contribution in [0, 0.1) is 13.8 Å². The first kappa shape index (κ1) is 24.8. The Balaban J connectivity index is 1.38. The maximum Gasteiger partial charge on any atom is 0.306 e. The Morgan fingerprint density at radius 3 is 2.12 bits per heavy atom. The highest BCUT2D eigenvalue weighted by atomic mass is 35.5. The summed E-state index contributed by atoms with van der Waals surface area (Å²) in [5.74, 6) is -0.100. The SMILES string of the molecule is Cc1cc(C)cc(Oc2ccc(NC(=O)CCC(=O)OCC(=O)Nc3cccc(Cl)c3)cc2)c1. The Bertz CT molecular complexity index is 1160. The second kappa shape index (κ2) is 11.9.